The summed E-state index contributed by atoms with van der Waals surface area (Å²) in [6.07, 6.45) is 8.24. The molecule has 7 heteroatoms. The molecule has 0 aliphatic rings. The second-order valence-corrected chi connectivity index (χ2v) is 6.70. The SMILES string of the molecule is CCCCCCCC[N+](CCO)(CCCC(=O)[O-])CCCC(=O)O.[Na+]. The van der Waals surface area contributed by atoms with Crippen LogP contribution in [0.15, 0.2) is 0 Å². The van der Waals surface area contributed by atoms with E-state index in [1.807, 2.05) is 0 Å². The summed E-state index contributed by atoms with van der Waals surface area (Å²) in [5.74, 6) is -1.87. The molecular weight excluding hydrogens is 333 g/mol. The summed E-state index contributed by atoms with van der Waals surface area (Å²) in [5.41, 5.74) is 0. The van der Waals surface area contributed by atoms with Gasteiger partial charge in [0.05, 0.1) is 32.7 Å². The second kappa shape index (κ2) is 17.3. The Balaban J connectivity index is 0. The van der Waals surface area contributed by atoms with Crippen LogP contribution < -0.4 is 34.7 Å². The number of carbonyl (C=O) groups is 2. The van der Waals surface area contributed by atoms with E-state index in [9.17, 15) is 19.8 Å². The molecule has 0 spiro atoms. The largest absolute Gasteiger partial charge is 1.00 e. The molecule has 0 aromatic heterocycles. The van der Waals surface area contributed by atoms with Crippen LogP contribution in [0.25, 0.3) is 0 Å². The fourth-order valence-electron chi connectivity index (χ4n) is 3.23. The van der Waals surface area contributed by atoms with E-state index in [0.29, 0.717) is 37.0 Å². The zero-order chi connectivity index (χ0) is 18.3. The predicted molar refractivity (Wildman–Crippen MR) is 91.3 cm³/mol. The van der Waals surface area contributed by atoms with E-state index in [1.54, 1.807) is 0 Å². The minimum absolute atomic E-state index is 0. The third kappa shape index (κ3) is 15.8. The molecule has 0 bridgehead atoms. The number of hydrogen-bond donors (Lipinski definition) is 2. The summed E-state index contributed by atoms with van der Waals surface area (Å²) in [4.78, 5) is 21.4. The molecule has 0 rings (SSSR count). The van der Waals surface area contributed by atoms with Gasteiger partial charge in [0.25, 0.3) is 0 Å². The number of aliphatic carboxylic acids is 2. The molecule has 0 saturated carbocycles. The number of quaternary nitrogens is 1. The van der Waals surface area contributed by atoms with Crippen molar-refractivity contribution >= 4 is 11.9 Å². The smallest absolute Gasteiger partial charge is 0.550 e. The summed E-state index contributed by atoms with van der Waals surface area (Å²) in [6, 6.07) is 0. The first-order valence-corrected chi connectivity index (χ1v) is 9.33. The Labute approximate surface area is 174 Å². The molecule has 0 heterocycles. The molecule has 0 aliphatic heterocycles. The molecule has 6 nitrogen and oxygen atoms in total. The van der Waals surface area contributed by atoms with Gasteiger partial charge < -0.3 is 24.6 Å². The minimum Gasteiger partial charge on any atom is -0.550 e. The van der Waals surface area contributed by atoms with Gasteiger partial charge in [-0.25, -0.2) is 0 Å². The average molecular weight is 368 g/mol. The molecule has 0 amide bonds. The molecule has 0 fully saturated rings. The Morgan fingerprint density at radius 2 is 1.36 bits per heavy atom. The van der Waals surface area contributed by atoms with Gasteiger partial charge in [-0.05, 0) is 19.3 Å². The van der Waals surface area contributed by atoms with Crippen molar-refractivity contribution in [1.82, 2.24) is 0 Å². The summed E-state index contributed by atoms with van der Waals surface area (Å²) in [5, 5.41) is 28.9. The van der Waals surface area contributed by atoms with E-state index in [0.717, 1.165) is 19.4 Å². The number of hydrogen-bond acceptors (Lipinski definition) is 4. The van der Waals surface area contributed by atoms with Gasteiger partial charge in [0.1, 0.15) is 6.54 Å². The van der Waals surface area contributed by atoms with Gasteiger partial charge in [-0.1, -0.05) is 32.6 Å². The topological polar surface area (TPSA) is 97.7 Å². The minimum atomic E-state index is -1.05. The standard InChI is InChI=1S/C18H35NO5.Na/c1-2-3-4-5-6-7-12-19(15-16-20,13-8-10-17(21)22)14-9-11-18(23)24;/h20H,2-16H2,1H3,(H-,21,22,23,24);/q;+1. The number of carbonyl (C=O) groups excluding carboxylic acids is 1. The second-order valence-electron chi connectivity index (χ2n) is 6.70. The first kappa shape index (κ1) is 27.1. The van der Waals surface area contributed by atoms with Crippen molar-refractivity contribution in [2.24, 2.45) is 0 Å². The molecule has 0 saturated heterocycles. The number of aliphatic hydroxyl groups excluding tert-OH is 1. The number of rotatable bonds is 17. The van der Waals surface area contributed by atoms with Crippen LogP contribution in [0, 0.1) is 0 Å². The molecule has 0 aromatic carbocycles. The van der Waals surface area contributed by atoms with E-state index < -0.39 is 11.9 Å². The fraction of sp³-hybridized carbons (Fsp3) is 0.889. The molecule has 0 aromatic rings. The Kier molecular flexibility index (Phi) is 18.7. The summed E-state index contributed by atoms with van der Waals surface area (Å²) in [7, 11) is 0. The van der Waals surface area contributed by atoms with Gasteiger partial charge in [-0.3, -0.25) is 4.79 Å². The van der Waals surface area contributed by atoms with E-state index in [4.69, 9.17) is 5.11 Å². The van der Waals surface area contributed by atoms with Crippen LogP contribution in [0.3, 0.4) is 0 Å². The third-order valence-corrected chi connectivity index (χ3v) is 4.60. The van der Waals surface area contributed by atoms with Gasteiger partial charge in [0.15, 0.2) is 0 Å². The zero-order valence-corrected chi connectivity index (χ0v) is 18.2. The number of carboxylic acid groups (broad SMARTS) is 2. The van der Waals surface area contributed by atoms with Gasteiger partial charge in [0, 0.05) is 18.8 Å². The molecule has 0 aliphatic carbocycles. The van der Waals surface area contributed by atoms with Crippen LogP contribution in [0.1, 0.15) is 71.1 Å². The summed E-state index contributed by atoms with van der Waals surface area (Å²) < 4.78 is 0.616. The fourth-order valence-corrected chi connectivity index (χ4v) is 3.23. The molecule has 1 unspecified atom stereocenters. The molecule has 1 atom stereocenters. The summed E-state index contributed by atoms with van der Waals surface area (Å²) >= 11 is 0. The molecule has 0 radical (unpaired) electrons. The quantitative estimate of drug-likeness (QED) is 0.186. The number of nitrogens with zero attached hydrogens (tertiary/aromatic N) is 1. The predicted octanol–water partition coefficient (Wildman–Crippen LogP) is -1.45. The zero-order valence-electron chi connectivity index (χ0n) is 16.2. The van der Waals surface area contributed by atoms with Crippen molar-refractivity contribution < 1.29 is 58.9 Å². The van der Waals surface area contributed by atoms with E-state index in [2.05, 4.69) is 6.92 Å². The van der Waals surface area contributed by atoms with Crippen molar-refractivity contribution in [1.29, 1.82) is 0 Å². The van der Waals surface area contributed by atoms with Crippen molar-refractivity contribution in [3.8, 4) is 0 Å². The van der Waals surface area contributed by atoms with Crippen molar-refractivity contribution in [2.45, 2.75) is 71.1 Å². The Hall–Kier alpha value is -0.140. The molecule has 142 valence electrons. The van der Waals surface area contributed by atoms with E-state index >= 15 is 0 Å². The third-order valence-electron chi connectivity index (χ3n) is 4.60. The van der Waals surface area contributed by atoms with Crippen LogP contribution in [-0.4, -0.2) is 59.4 Å². The van der Waals surface area contributed by atoms with Gasteiger partial charge in [-0.2, -0.15) is 0 Å². The monoisotopic (exact) mass is 368 g/mol. The Morgan fingerprint density at radius 1 is 0.840 bits per heavy atom. The van der Waals surface area contributed by atoms with Gasteiger partial charge in [0.2, 0.25) is 0 Å². The molecule has 25 heavy (non-hydrogen) atoms. The maximum atomic E-state index is 10.8. The molecular formula is C18H35NNaO5+. The maximum Gasteiger partial charge on any atom is 1.00 e. The van der Waals surface area contributed by atoms with Crippen LogP contribution in [-0.2, 0) is 9.59 Å². The van der Waals surface area contributed by atoms with E-state index in [1.165, 1.54) is 25.7 Å². The summed E-state index contributed by atoms with van der Waals surface area (Å²) in [6.45, 7) is 4.98. The number of aliphatic hydroxyl groups is 1. The van der Waals surface area contributed by atoms with Gasteiger partial charge in [-0.15, -0.1) is 0 Å². The van der Waals surface area contributed by atoms with Crippen LogP contribution in [0.4, 0.5) is 0 Å². The number of unbranched alkanes of at least 4 members (excludes halogenated alkanes) is 5. The molecule has 2 N–H and O–H groups in total. The van der Waals surface area contributed by atoms with Crippen LogP contribution in [0.2, 0.25) is 0 Å². The first-order valence-electron chi connectivity index (χ1n) is 9.33. The average Bonchev–Trinajstić information content (AvgIpc) is 2.50. The first-order chi connectivity index (χ1) is 11.5. The Morgan fingerprint density at radius 3 is 1.88 bits per heavy atom. The van der Waals surface area contributed by atoms with Crippen molar-refractivity contribution in [3.05, 3.63) is 0 Å². The number of carboxylic acids is 2. The van der Waals surface area contributed by atoms with Crippen LogP contribution >= 0.6 is 0 Å². The van der Waals surface area contributed by atoms with Crippen molar-refractivity contribution in [2.75, 3.05) is 32.8 Å². The maximum absolute atomic E-state index is 10.8. The Bertz CT molecular complexity index is 332. The van der Waals surface area contributed by atoms with E-state index in [-0.39, 0.29) is 49.0 Å². The van der Waals surface area contributed by atoms with Gasteiger partial charge >= 0.3 is 35.5 Å². The normalized spacial score (nSPS) is 13.0. The van der Waals surface area contributed by atoms with Crippen molar-refractivity contribution in [3.63, 3.8) is 0 Å². The van der Waals surface area contributed by atoms with Crippen LogP contribution in [0.5, 0.6) is 0 Å².